The summed E-state index contributed by atoms with van der Waals surface area (Å²) in [4.78, 5) is 16.4. The van der Waals surface area contributed by atoms with E-state index in [4.69, 9.17) is 4.74 Å². The molecule has 0 unspecified atom stereocenters. The topological polar surface area (TPSA) is 69.9 Å². The highest BCUT2D eigenvalue weighted by Gasteiger charge is 2.22. The molecule has 1 aromatic carbocycles. The fourth-order valence-corrected chi connectivity index (χ4v) is 3.65. The summed E-state index contributed by atoms with van der Waals surface area (Å²) in [5.41, 5.74) is 2.52. The summed E-state index contributed by atoms with van der Waals surface area (Å²) < 4.78 is 7.43. The van der Waals surface area contributed by atoms with Gasteiger partial charge in [0.05, 0.1) is 11.4 Å². The van der Waals surface area contributed by atoms with Crippen molar-refractivity contribution in [3.05, 3.63) is 54.4 Å². The Hall–Kier alpha value is -2.67. The van der Waals surface area contributed by atoms with Gasteiger partial charge in [-0.2, -0.15) is 0 Å². The van der Waals surface area contributed by atoms with E-state index in [0.717, 1.165) is 11.3 Å². The molecule has 2 aromatic heterocycles. The van der Waals surface area contributed by atoms with Crippen molar-refractivity contribution in [3.63, 3.8) is 0 Å². The van der Waals surface area contributed by atoms with Crippen molar-refractivity contribution in [3.8, 4) is 17.1 Å². The number of thioether (sulfide) groups is 1. The summed E-state index contributed by atoms with van der Waals surface area (Å²) in [7, 11) is 0. The second-order valence-corrected chi connectivity index (χ2v) is 8.91. The molecule has 29 heavy (non-hydrogen) atoms. The first-order valence-corrected chi connectivity index (χ1v) is 10.5. The molecule has 0 saturated carbocycles. The third-order valence-corrected chi connectivity index (χ3v) is 4.99. The molecule has 3 aromatic rings. The molecule has 2 heterocycles. The first-order valence-electron chi connectivity index (χ1n) is 9.56. The molecule has 0 bridgehead atoms. The van der Waals surface area contributed by atoms with Gasteiger partial charge in [-0.25, -0.2) is 0 Å². The van der Waals surface area contributed by atoms with E-state index in [9.17, 15) is 4.79 Å². The van der Waals surface area contributed by atoms with Crippen molar-refractivity contribution >= 4 is 17.7 Å². The number of rotatable bonds is 6. The summed E-state index contributed by atoms with van der Waals surface area (Å²) in [5, 5.41) is 9.44. The molecule has 0 radical (unpaired) electrons. The zero-order valence-electron chi connectivity index (χ0n) is 17.4. The number of carbonyl (C=O) groups excluding carboxylic acids is 1. The van der Waals surface area contributed by atoms with E-state index in [0.29, 0.717) is 16.9 Å². The number of carbonyl (C=O) groups is 1. The van der Waals surface area contributed by atoms with Gasteiger partial charge in [-0.15, -0.1) is 10.2 Å². The van der Waals surface area contributed by atoms with Crippen molar-refractivity contribution in [1.29, 1.82) is 0 Å². The Bertz CT molecular complexity index is 978. The van der Waals surface area contributed by atoms with E-state index in [-0.39, 0.29) is 11.7 Å². The van der Waals surface area contributed by atoms with Crippen LogP contribution < -0.4 is 0 Å². The van der Waals surface area contributed by atoms with Crippen LogP contribution in [0.25, 0.3) is 17.1 Å². The summed E-state index contributed by atoms with van der Waals surface area (Å²) in [5.74, 6) is 0.890. The average Bonchev–Trinajstić information content (AvgIpc) is 3.09. The number of aromatic nitrogens is 4. The van der Waals surface area contributed by atoms with E-state index < -0.39 is 5.60 Å². The minimum absolute atomic E-state index is 0.159. The number of benzene rings is 1. The summed E-state index contributed by atoms with van der Waals surface area (Å²) >= 11 is 1.32. The quantitative estimate of drug-likeness (QED) is 0.426. The maximum absolute atomic E-state index is 12.2. The maximum atomic E-state index is 12.2. The predicted molar refractivity (Wildman–Crippen MR) is 115 cm³/mol. The van der Waals surface area contributed by atoms with E-state index in [1.54, 1.807) is 12.4 Å². The number of hydrogen-bond acceptors (Lipinski definition) is 6. The van der Waals surface area contributed by atoms with Crippen molar-refractivity contribution in [1.82, 2.24) is 19.7 Å². The van der Waals surface area contributed by atoms with Crippen LogP contribution >= 0.6 is 11.8 Å². The number of ether oxygens (including phenoxy) is 1. The van der Waals surface area contributed by atoms with E-state index in [1.165, 1.54) is 17.3 Å². The first kappa shape index (κ1) is 21.0. The molecule has 3 rings (SSSR count). The van der Waals surface area contributed by atoms with Crippen LogP contribution in [0.4, 0.5) is 0 Å². The van der Waals surface area contributed by atoms with Gasteiger partial charge in [0.2, 0.25) is 0 Å². The first-order chi connectivity index (χ1) is 13.8. The molecule has 0 fully saturated rings. The normalized spacial score (nSPS) is 11.7. The Labute approximate surface area is 175 Å². The lowest BCUT2D eigenvalue weighted by Crippen LogP contribution is -2.25. The van der Waals surface area contributed by atoms with Gasteiger partial charge in [0.1, 0.15) is 5.60 Å². The highest BCUT2D eigenvalue weighted by molar-refractivity contribution is 7.99. The zero-order chi connectivity index (χ0) is 21.0. The number of pyridine rings is 1. The molecule has 0 aliphatic rings. The highest BCUT2D eigenvalue weighted by atomic mass is 32.2. The zero-order valence-corrected chi connectivity index (χ0v) is 18.2. The Morgan fingerprint density at radius 2 is 1.90 bits per heavy atom. The van der Waals surface area contributed by atoms with Crippen molar-refractivity contribution < 1.29 is 9.53 Å². The Morgan fingerprint density at radius 3 is 2.55 bits per heavy atom. The molecule has 6 nitrogen and oxygen atoms in total. The average molecular weight is 411 g/mol. The van der Waals surface area contributed by atoms with Gasteiger partial charge >= 0.3 is 5.97 Å². The molecule has 7 heteroatoms. The Morgan fingerprint density at radius 1 is 1.14 bits per heavy atom. The summed E-state index contributed by atoms with van der Waals surface area (Å²) in [6, 6.07) is 12.0. The third kappa shape index (κ3) is 5.23. The fraction of sp³-hybridized carbons (Fsp3) is 0.364. The van der Waals surface area contributed by atoms with Gasteiger partial charge < -0.3 is 4.74 Å². The van der Waals surface area contributed by atoms with Crippen LogP contribution in [0.3, 0.4) is 0 Å². The second-order valence-electron chi connectivity index (χ2n) is 7.97. The SMILES string of the molecule is CC(C)c1ccccc1-n1c(SCC(=O)OC(C)(C)C)nnc1-c1cccnc1. The van der Waals surface area contributed by atoms with Crippen LogP contribution in [0.1, 0.15) is 46.1 Å². The lowest BCUT2D eigenvalue weighted by molar-refractivity contribution is -0.151. The predicted octanol–water partition coefficient (Wildman–Crippen LogP) is 4.89. The fourth-order valence-electron chi connectivity index (χ4n) is 2.94. The van der Waals surface area contributed by atoms with Crippen molar-refractivity contribution in [2.45, 2.75) is 51.3 Å². The molecule has 0 aliphatic heterocycles. The largest absolute Gasteiger partial charge is 0.459 e. The maximum Gasteiger partial charge on any atom is 0.316 e. The molecule has 0 N–H and O–H groups in total. The van der Waals surface area contributed by atoms with E-state index in [1.807, 2.05) is 49.6 Å². The number of para-hydroxylation sites is 1. The van der Waals surface area contributed by atoms with Crippen LogP contribution in [0, 0.1) is 0 Å². The Kier molecular flexibility index (Phi) is 6.37. The molecule has 152 valence electrons. The second kappa shape index (κ2) is 8.78. The van der Waals surface area contributed by atoms with Gasteiger partial charge in [0.25, 0.3) is 0 Å². The number of hydrogen-bond donors (Lipinski definition) is 0. The third-order valence-electron chi connectivity index (χ3n) is 4.09. The molecule has 0 spiro atoms. The van der Waals surface area contributed by atoms with E-state index >= 15 is 0 Å². The monoisotopic (exact) mass is 410 g/mol. The van der Waals surface area contributed by atoms with Gasteiger partial charge in [-0.1, -0.05) is 43.8 Å². The molecular formula is C22H26N4O2S. The molecule has 0 saturated heterocycles. The van der Waals surface area contributed by atoms with Crippen molar-refractivity contribution in [2.75, 3.05) is 5.75 Å². The number of esters is 1. The van der Waals surface area contributed by atoms with E-state index in [2.05, 4.69) is 41.2 Å². The van der Waals surface area contributed by atoms with Crippen LogP contribution in [0.2, 0.25) is 0 Å². The lowest BCUT2D eigenvalue weighted by atomic mass is 10.0. The van der Waals surface area contributed by atoms with Gasteiger partial charge in [0.15, 0.2) is 11.0 Å². The van der Waals surface area contributed by atoms with Crippen molar-refractivity contribution in [2.24, 2.45) is 0 Å². The van der Waals surface area contributed by atoms with Gasteiger partial charge in [-0.05, 0) is 50.5 Å². The summed E-state index contributed by atoms with van der Waals surface area (Å²) in [6.45, 7) is 9.88. The molecule has 0 atom stereocenters. The van der Waals surface area contributed by atoms with Crippen LogP contribution in [-0.4, -0.2) is 37.1 Å². The summed E-state index contributed by atoms with van der Waals surface area (Å²) in [6.07, 6.45) is 3.49. The smallest absolute Gasteiger partial charge is 0.316 e. The van der Waals surface area contributed by atoms with Crippen LogP contribution in [0.5, 0.6) is 0 Å². The molecular weight excluding hydrogens is 384 g/mol. The highest BCUT2D eigenvalue weighted by Crippen LogP contribution is 2.32. The lowest BCUT2D eigenvalue weighted by Gasteiger charge is -2.19. The van der Waals surface area contributed by atoms with Crippen LogP contribution in [-0.2, 0) is 9.53 Å². The van der Waals surface area contributed by atoms with Gasteiger partial charge in [-0.3, -0.25) is 14.3 Å². The minimum Gasteiger partial charge on any atom is -0.459 e. The molecule has 0 amide bonds. The van der Waals surface area contributed by atoms with Crippen LogP contribution in [0.15, 0.2) is 53.9 Å². The Balaban J connectivity index is 2.03. The molecule has 0 aliphatic carbocycles. The standard InChI is InChI=1S/C22H26N4O2S/c1-15(2)17-10-6-7-11-18(17)26-20(16-9-8-12-23-13-16)24-25-21(26)29-14-19(27)28-22(3,4)5/h6-13,15H,14H2,1-5H3. The number of nitrogens with zero attached hydrogens (tertiary/aromatic N) is 4. The minimum atomic E-state index is -0.517. The van der Waals surface area contributed by atoms with Gasteiger partial charge in [0, 0.05) is 18.0 Å².